The van der Waals surface area contributed by atoms with Gasteiger partial charge in [-0.25, -0.2) is 9.13 Å². The summed E-state index contributed by atoms with van der Waals surface area (Å²) >= 11 is 0. The molecule has 0 radical (unpaired) electrons. The molecule has 0 spiro atoms. The van der Waals surface area contributed by atoms with E-state index >= 15 is 0 Å². The lowest BCUT2D eigenvalue weighted by Crippen LogP contribution is -2.30. The number of hydrogen-bond acceptors (Lipinski definition) is 15. The molecule has 19 heteroatoms. The minimum Gasteiger partial charge on any atom is -0.462 e. The molecule has 17 nitrogen and oxygen atoms in total. The molecule has 0 amide bonds. The first-order chi connectivity index (χ1) is 49.7. The summed E-state index contributed by atoms with van der Waals surface area (Å²) in [5, 5.41) is 10.6. The van der Waals surface area contributed by atoms with Crippen molar-refractivity contribution in [2.45, 2.75) is 367 Å². The van der Waals surface area contributed by atoms with Crippen LogP contribution < -0.4 is 0 Å². The molecule has 0 rings (SSSR count). The number of esters is 4. The zero-order valence-corrected chi connectivity index (χ0v) is 66.3. The van der Waals surface area contributed by atoms with E-state index in [1.54, 1.807) is 0 Å². The van der Waals surface area contributed by atoms with Crippen LogP contribution in [0.25, 0.3) is 0 Å². The fraction of sp³-hybridized carbons (Fsp3) is 0.759. The normalized spacial score (nSPS) is 14.4. The number of carbonyl (C=O) groups excluding carboxylic acids is 4. The van der Waals surface area contributed by atoms with Crippen LogP contribution in [0.5, 0.6) is 0 Å². The number of phosphoric acid groups is 2. The summed E-state index contributed by atoms with van der Waals surface area (Å²) in [6.07, 6.45) is 79.6. The number of carbonyl (C=O) groups is 4. The predicted octanol–water partition coefficient (Wildman–Crippen LogP) is 23.6. The van der Waals surface area contributed by atoms with E-state index in [0.29, 0.717) is 25.7 Å². The molecule has 0 saturated heterocycles. The minimum absolute atomic E-state index is 0.0899. The molecule has 0 aromatic heterocycles. The molecule has 0 heterocycles. The van der Waals surface area contributed by atoms with Gasteiger partial charge in [0.05, 0.1) is 26.4 Å². The van der Waals surface area contributed by atoms with Crippen molar-refractivity contribution >= 4 is 39.5 Å². The molecule has 5 atom stereocenters. The topological polar surface area (TPSA) is 237 Å². The first kappa shape index (κ1) is 98.0. The molecule has 590 valence electrons. The SMILES string of the molecule is CC/C=C\C/C=C\C/C=C\C/C=C\C/C=C\CCCCCC(=O)OCC(COP(=O)(O)OCC(O)COP(=O)(O)OCC(COC(=O)CCCCCCCC/C=C\C/C=C\C/C=C\CCCCC)OC(=O)CCCCCCCCCCCCCCC)OC(=O)CCCCCCCCCCCCC. The summed E-state index contributed by atoms with van der Waals surface area (Å²) < 4.78 is 68.6. The molecule has 0 saturated carbocycles. The molecule has 102 heavy (non-hydrogen) atoms. The van der Waals surface area contributed by atoms with Crippen LogP contribution in [0.3, 0.4) is 0 Å². The van der Waals surface area contributed by atoms with Crippen molar-refractivity contribution in [3.05, 3.63) is 97.2 Å². The van der Waals surface area contributed by atoms with Gasteiger partial charge in [-0.2, -0.15) is 0 Å². The summed E-state index contributed by atoms with van der Waals surface area (Å²) in [6, 6.07) is 0. The second kappa shape index (κ2) is 75.2. The Balaban J connectivity index is 5.31. The lowest BCUT2D eigenvalue weighted by atomic mass is 10.0. The van der Waals surface area contributed by atoms with Crippen molar-refractivity contribution in [2.75, 3.05) is 39.6 Å². The van der Waals surface area contributed by atoms with Gasteiger partial charge >= 0.3 is 39.5 Å². The fourth-order valence-corrected chi connectivity index (χ4v) is 12.5. The molecule has 0 aliphatic rings. The standard InChI is InChI=1S/C83H146O17P2/c1-5-9-13-17-21-25-29-32-34-36-38-40-42-45-48-51-55-59-63-67-80(85)93-73-78(99-82(87)69-65-61-57-53-47-28-24-20-16-12-8-4)75-97-101(89,90)95-71-77(84)72-96-102(91,92)98-76-79(100-83(88)70-66-62-58-54-50-44-31-27-23-19-15-11-7-3)74-94-81(86)68-64-60-56-52-49-46-43-41-39-37-35-33-30-26-22-18-14-10-6-2/h9,13,21-22,25-26,32-35,38-41,45,48,77-79,84H,5-8,10-12,14-20,23-24,27-31,36-37,42-44,46-47,49-76H2,1-4H3,(H,89,90)(H,91,92)/b13-9-,25-21-,26-22-,34-32-,35-33-,40-38-,41-39-,48-45-. The number of allylic oxidation sites excluding steroid dienone is 16. The molecular formula is C83H146O17P2. The molecule has 3 N–H and O–H groups in total. The Labute approximate surface area is 620 Å². The molecule has 0 aliphatic carbocycles. The van der Waals surface area contributed by atoms with Gasteiger partial charge in [0.15, 0.2) is 12.2 Å². The van der Waals surface area contributed by atoms with Crippen LogP contribution in [0.15, 0.2) is 97.2 Å². The van der Waals surface area contributed by atoms with Gasteiger partial charge in [-0.15, -0.1) is 0 Å². The van der Waals surface area contributed by atoms with Gasteiger partial charge < -0.3 is 33.8 Å². The van der Waals surface area contributed by atoms with E-state index in [9.17, 15) is 43.2 Å². The van der Waals surface area contributed by atoms with E-state index in [0.717, 1.165) is 161 Å². The average molecular weight is 1480 g/mol. The van der Waals surface area contributed by atoms with Crippen LogP contribution in [0.2, 0.25) is 0 Å². The van der Waals surface area contributed by atoms with Crippen LogP contribution in [0, 0.1) is 0 Å². The third kappa shape index (κ3) is 74.3. The van der Waals surface area contributed by atoms with Gasteiger partial charge in [-0.1, -0.05) is 311 Å². The number of hydrogen-bond donors (Lipinski definition) is 3. The molecule has 0 bridgehead atoms. The van der Waals surface area contributed by atoms with Gasteiger partial charge in [0, 0.05) is 25.7 Å². The lowest BCUT2D eigenvalue weighted by Gasteiger charge is -2.21. The minimum atomic E-state index is -4.98. The summed E-state index contributed by atoms with van der Waals surface area (Å²) in [5.74, 6) is -2.20. The Morgan fingerprint density at radius 1 is 0.284 bits per heavy atom. The molecular weight excluding hydrogens is 1330 g/mol. The zero-order valence-electron chi connectivity index (χ0n) is 64.5. The number of unbranched alkanes of at least 4 members (excludes halogenated alkanes) is 34. The Hall–Kier alpha value is -4.02. The quantitative estimate of drug-likeness (QED) is 0.0169. The highest BCUT2D eigenvalue weighted by Crippen LogP contribution is 2.45. The Bertz CT molecular complexity index is 2310. The maximum atomic E-state index is 13.1. The van der Waals surface area contributed by atoms with Crippen LogP contribution in [0.4, 0.5) is 0 Å². The van der Waals surface area contributed by atoms with Gasteiger partial charge in [-0.3, -0.25) is 37.3 Å². The number of rotatable bonds is 76. The summed E-state index contributed by atoms with van der Waals surface area (Å²) in [7, 11) is -9.95. The summed E-state index contributed by atoms with van der Waals surface area (Å²) in [6.45, 7) is 4.72. The second-order valence-corrected chi connectivity index (χ2v) is 29.9. The summed E-state index contributed by atoms with van der Waals surface area (Å²) in [4.78, 5) is 73.0. The number of aliphatic hydroxyl groups is 1. The highest BCUT2D eigenvalue weighted by Gasteiger charge is 2.30. The Morgan fingerprint density at radius 3 is 0.814 bits per heavy atom. The largest absolute Gasteiger partial charge is 0.472 e. The van der Waals surface area contributed by atoms with Gasteiger partial charge in [0.2, 0.25) is 0 Å². The average Bonchev–Trinajstić information content (AvgIpc) is 0.928. The number of phosphoric ester groups is 2. The van der Waals surface area contributed by atoms with E-state index in [1.165, 1.54) is 109 Å². The number of aliphatic hydroxyl groups excluding tert-OH is 1. The highest BCUT2D eigenvalue weighted by atomic mass is 31.2. The first-order valence-electron chi connectivity index (χ1n) is 40.5. The van der Waals surface area contributed by atoms with Crippen molar-refractivity contribution in [3.63, 3.8) is 0 Å². The maximum Gasteiger partial charge on any atom is 0.472 e. The van der Waals surface area contributed by atoms with Crippen molar-refractivity contribution in [3.8, 4) is 0 Å². The molecule has 0 fully saturated rings. The van der Waals surface area contributed by atoms with Crippen LogP contribution in [-0.2, 0) is 65.4 Å². The Morgan fingerprint density at radius 2 is 0.510 bits per heavy atom. The van der Waals surface area contributed by atoms with Gasteiger partial charge in [0.25, 0.3) is 0 Å². The van der Waals surface area contributed by atoms with Crippen molar-refractivity contribution in [1.82, 2.24) is 0 Å². The number of ether oxygens (including phenoxy) is 4. The van der Waals surface area contributed by atoms with Crippen LogP contribution in [-0.4, -0.2) is 96.7 Å². The predicted molar refractivity (Wildman–Crippen MR) is 418 cm³/mol. The monoisotopic (exact) mass is 1480 g/mol. The van der Waals surface area contributed by atoms with Crippen LogP contribution >= 0.6 is 15.6 Å². The third-order valence-electron chi connectivity index (χ3n) is 17.1. The molecule has 0 aliphatic heterocycles. The van der Waals surface area contributed by atoms with Crippen molar-refractivity contribution in [2.24, 2.45) is 0 Å². The van der Waals surface area contributed by atoms with Crippen LogP contribution in [0.1, 0.15) is 349 Å². The third-order valence-corrected chi connectivity index (χ3v) is 19.0. The molecule has 5 unspecified atom stereocenters. The van der Waals surface area contributed by atoms with E-state index in [1.807, 2.05) is 0 Å². The lowest BCUT2D eigenvalue weighted by molar-refractivity contribution is -0.161. The smallest absolute Gasteiger partial charge is 0.462 e. The van der Waals surface area contributed by atoms with E-state index in [2.05, 4.69) is 125 Å². The highest BCUT2D eigenvalue weighted by molar-refractivity contribution is 7.47. The first-order valence-corrected chi connectivity index (χ1v) is 43.5. The van der Waals surface area contributed by atoms with Gasteiger partial charge in [-0.05, 0) is 109 Å². The van der Waals surface area contributed by atoms with E-state index in [4.69, 9.17) is 37.0 Å². The zero-order chi connectivity index (χ0) is 74.6. The van der Waals surface area contributed by atoms with E-state index in [-0.39, 0.29) is 25.7 Å². The van der Waals surface area contributed by atoms with E-state index < -0.39 is 97.5 Å². The Kier molecular flexibility index (Phi) is 72.3. The molecule has 0 aromatic carbocycles. The maximum absolute atomic E-state index is 13.1. The molecule has 0 aromatic rings. The van der Waals surface area contributed by atoms with Crippen molar-refractivity contribution in [1.29, 1.82) is 0 Å². The van der Waals surface area contributed by atoms with Gasteiger partial charge in [0.1, 0.15) is 19.3 Å². The van der Waals surface area contributed by atoms with Crippen molar-refractivity contribution < 1.29 is 80.2 Å². The second-order valence-electron chi connectivity index (χ2n) is 27.0. The summed E-state index contributed by atoms with van der Waals surface area (Å²) in [5.41, 5.74) is 0. The fourth-order valence-electron chi connectivity index (χ4n) is 10.9.